The summed E-state index contributed by atoms with van der Waals surface area (Å²) in [6.07, 6.45) is 10.7. The molecule has 2 fully saturated rings. The van der Waals surface area contributed by atoms with Gasteiger partial charge in [0, 0.05) is 32.6 Å². The van der Waals surface area contributed by atoms with Crippen LogP contribution in [0.1, 0.15) is 65.4 Å². The molecule has 2 aliphatic heterocycles. The zero-order valence-electron chi connectivity index (χ0n) is 30.8. The standard InChI is InChI=1S/C41H55NO9/c1-26-16-9-7-10-17-27(2)37(48-5)33(38(49-6)34(43)28(3)24-26)32-25-29(4)35(44)39(51-32)36(45)40(46)42-22-14-13-21-31(42)41(47)50-23-15-20-30-18-11-8-12-19-30/h7-12,15-20,26,28-29,31-33,35,37-39,44H,13-14,21-25H2,1-6H3/b10-7+,16-9-,20-15+,27-17+/t26-,28+,29?,31?,32?,33?,35-,37+,38?,39-/m1/s1. The van der Waals surface area contributed by atoms with Crippen LogP contribution in [0.15, 0.2) is 72.4 Å². The van der Waals surface area contributed by atoms with Crippen LogP contribution in [0.5, 0.6) is 0 Å². The first-order valence-corrected chi connectivity index (χ1v) is 18.2. The van der Waals surface area contributed by atoms with Crippen LogP contribution in [0.25, 0.3) is 6.08 Å². The Hall–Kier alpha value is -3.70. The lowest BCUT2D eigenvalue weighted by atomic mass is 9.75. The fourth-order valence-electron chi connectivity index (χ4n) is 7.56. The van der Waals surface area contributed by atoms with Gasteiger partial charge in [-0.05, 0) is 68.1 Å². The first kappa shape index (κ1) is 40.1. The van der Waals surface area contributed by atoms with Gasteiger partial charge in [0.1, 0.15) is 18.8 Å². The molecule has 10 nitrogen and oxygen atoms in total. The lowest BCUT2D eigenvalue weighted by molar-refractivity contribution is -0.195. The van der Waals surface area contributed by atoms with Crippen molar-refractivity contribution < 1.29 is 43.2 Å². The summed E-state index contributed by atoms with van der Waals surface area (Å²) in [5.74, 6) is -3.92. The average molecular weight is 706 g/mol. The number of amides is 1. The molecule has 10 heteroatoms. The van der Waals surface area contributed by atoms with E-state index in [4.69, 9.17) is 18.9 Å². The topological polar surface area (TPSA) is 129 Å². The van der Waals surface area contributed by atoms with Gasteiger partial charge in [-0.15, -0.1) is 0 Å². The van der Waals surface area contributed by atoms with E-state index < -0.39 is 66.1 Å². The van der Waals surface area contributed by atoms with Crippen LogP contribution in [-0.2, 0) is 38.1 Å². The van der Waals surface area contributed by atoms with Gasteiger partial charge in [-0.1, -0.05) is 87.6 Å². The van der Waals surface area contributed by atoms with Crippen molar-refractivity contribution >= 4 is 29.5 Å². The van der Waals surface area contributed by atoms with Crippen LogP contribution in [0.4, 0.5) is 0 Å². The van der Waals surface area contributed by atoms with Gasteiger partial charge >= 0.3 is 5.97 Å². The Morgan fingerprint density at radius 3 is 2.41 bits per heavy atom. The van der Waals surface area contributed by atoms with E-state index in [9.17, 15) is 24.3 Å². The summed E-state index contributed by atoms with van der Waals surface area (Å²) in [4.78, 5) is 56.5. The van der Waals surface area contributed by atoms with Crippen molar-refractivity contribution in [3.05, 3.63) is 77.9 Å². The molecule has 5 unspecified atom stereocenters. The molecule has 2 heterocycles. The lowest BCUT2D eigenvalue weighted by Crippen LogP contribution is -2.59. The number of esters is 1. The van der Waals surface area contributed by atoms with E-state index in [1.807, 2.05) is 74.6 Å². The van der Waals surface area contributed by atoms with Gasteiger partial charge in [-0.3, -0.25) is 14.4 Å². The minimum Gasteiger partial charge on any atom is -0.460 e. The van der Waals surface area contributed by atoms with Crippen molar-refractivity contribution in [1.29, 1.82) is 0 Å². The number of hydrogen-bond donors (Lipinski definition) is 1. The van der Waals surface area contributed by atoms with Gasteiger partial charge in [0.05, 0.1) is 18.3 Å². The number of piperidine rings is 1. The zero-order valence-corrected chi connectivity index (χ0v) is 30.8. The first-order chi connectivity index (χ1) is 24.5. The Kier molecular flexibility index (Phi) is 15.1. The highest BCUT2D eigenvalue weighted by Gasteiger charge is 2.51. The maximum absolute atomic E-state index is 14.1. The van der Waals surface area contributed by atoms with Crippen LogP contribution in [0.3, 0.4) is 0 Å². The molecule has 278 valence electrons. The third-order valence-corrected chi connectivity index (χ3v) is 10.4. The first-order valence-electron chi connectivity index (χ1n) is 18.2. The molecule has 0 saturated carbocycles. The van der Waals surface area contributed by atoms with Crippen molar-refractivity contribution in [2.75, 3.05) is 27.4 Å². The SMILES string of the molecule is COC1C(=O)[C@@H](C)C[C@H](C)\C=C/C=C/C=C(\C)[C@H](OC)C1C1CC(C)[C@@H](O)[C@H](C(=O)C(=O)N2CCCCC2C(=O)OC/C=C/c2ccccc2)O1. The van der Waals surface area contributed by atoms with E-state index in [1.54, 1.807) is 20.1 Å². The number of methoxy groups -OCH3 is 2. The molecule has 51 heavy (non-hydrogen) atoms. The monoisotopic (exact) mass is 705 g/mol. The molecular weight excluding hydrogens is 650 g/mol. The summed E-state index contributed by atoms with van der Waals surface area (Å²) in [6, 6.07) is 8.66. The Labute approximate surface area is 302 Å². The quantitative estimate of drug-likeness (QED) is 0.269. The van der Waals surface area contributed by atoms with Crippen molar-refractivity contribution in [1.82, 2.24) is 4.90 Å². The zero-order chi connectivity index (χ0) is 37.1. The second-order valence-electron chi connectivity index (χ2n) is 14.2. The molecule has 2 saturated heterocycles. The third kappa shape index (κ3) is 10.2. The Morgan fingerprint density at radius 1 is 0.980 bits per heavy atom. The highest BCUT2D eigenvalue weighted by atomic mass is 16.5. The van der Waals surface area contributed by atoms with Crippen molar-refractivity contribution in [2.45, 2.75) is 96.4 Å². The molecule has 1 amide bonds. The minimum absolute atomic E-state index is 0.0169. The van der Waals surface area contributed by atoms with Crippen LogP contribution < -0.4 is 0 Å². The number of carbonyl (C=O) groups excluding carboxylic acids is 4. The van der Waals surface area contributed by atoms with Gasteiger partial charge in [-0.25, -0.2) is 4.79 Å². The van der Waals surface area contributed by atoms with Crippen LogP contribution >= 0.6 is 0 Å². The van der Waals surface area contributed by atoms with E-state index in [0.29, 0.717) is 32.1 Å². The van der Waals surface area contributed by atoms with Crippen LogP contribution in [-0.4, -0.2) is 97.4 Å². The number of likely N-dealkylation sites (tertiary alicyclic amines) is 1. The van der Waals surface area contributed by atoms with E-state index in [1.165, 1.54) is 12.0 Å². The number of allylic oxidation sites excluding steroid dienone is 5. The Bertz CT molecular complexity index is 1470. The third-order valence-electron chi connectivity index (χ3n) is 10.4. The summed E-state index contributed by atoms with van der Waals surface area (Å²) < 4.78 is 23.9. The molecule has 0 radical (unpaired) electrons. The number of ketones is 2. The smallest absolute Gasteiger partial charge is 0.329 e. The molecule has 1 N–H and O–H groups in total. The molecule has 0 aromatic heterocycles. The second kappa shape index (κ2) is 19.2. The number of rotatable bonds is 9. The number of hydrogen-bond acceptors (Lipinski definition) is 9. The molecule has 0 spiro atoms. The maximum atomic E-state index is 14.1. The predicted octanol–water partition coefficient (Wildman–Crippen LogP) is 5.30. The molecule has 10 atom stereocenters. The van der Waals surface area contributed by atoms with E-state index in [-0.39, 0.29) is 30.8 Å². The highest BCUT2D eigenvalue weighted by molar-refractivity contribution is 6.38. The number of nitrogens with zero attached hydrogens (tertiary/aromatic N) is 1. The number of carbonyl (C=O) groups is 4. The molecule has 1 aliphatic carbocycles. The summed E-state index contributed by atoms with van der Waals surface area (Å²) >= 11 is 0. The van der Waals surface area contributed by atoms with Gasteiger partial charge in [-0.2, -0.15) is 0 Å². The van der Waals surface area contributed by atoms with E-state index >= 15 is 0 Å². The number of Topliss-reactive ketones (excluding diaryl/α,β-unsaturated/α-hetero) is 2. The Morgan fingerprint density at radius 2 is 1.71 bits per heavy atom. The van der Waals surface area contributed by atoms with Gasteiger partial charge in [0.2, 0.25) is 0 Å². The molecule has 1 aromatic rings. The van der Waals surface area contributed by atoms with Crippen molar-refractivity contribution in [3.63, 3.8) is 0 Å². The number of benzene rings is 1. The lowest BCUT2D eigenvalue weighted by Gasteiger charge is -2.45. The van der Waals surface area contributed by atoms with E-state index in [2.05, 4.69) is 13.0 Å². The minimum atomic E-state index is -1.51. The van der Waals surface area contributed by atoms with Gasteiger partial charge in [0.25, 0.3) is 11.7 Å². The number of aliphatic hydroxyl groups is 1. The highest BCUT2D eigenvalue weighted by Crippen LogP contribution is 2.38. The largest absolute Gasteiger partial charge is 0.460 e. The molecule has 0 bridgehead atoms. The average Bonchev–Trinajstić information content (AvgIpc) is 3.14. The molecule has 4 rings (SSSR count). The summed E-state index contributed by atoms with van der Waals surface area (Å²) in [5.41, 5.74) is 1.78. The summed E-state index contributed by atoms with van der Waals surface area (Å²) in [7, 11) is 3.04. The Balaban J connectivity index is 1.58. The molecule has 3 aliphatic rings. The predicted molar refractivity (Wildman–Crippen MR) is 194 cm³/mol. The van der Waals surface area contributed by atoms with Crippen molar-refractivity contribution in [3.8, 4) is 0 Å². The fourth-order valence-corrected chi connectivity index (χ4v) is 7.56. The van der Waals surface area contributed by atoms with Crippen LogP contribution in [0.2, 0.25) is 0 Å². The summed E-state index contributed by atoms with van der Waals surface area (Å²) in [5, 5.41) is 11.3. The number of ether oxygens (including phenoxy) is 4. The number of aliphatic hydroxyl groups excluding tert-OH is 1. The summed E-state index contributed by atoms with van der Waals surface area (Å²) in [6.45, 7) is 7.85. The maximum Gasteiger partial charge on any atom is 0.329 e. The molecule has 1 aromatic carbocycles. The normalized spacial score (nSPS) is 34.7. The van der Waals surface area contributed by atoms with Crippen molar-refractivity contribution in [2.24, 2.45) is 23.7 Å². The van der Waals surface area contributed by atoms with Crippen LogP contribution in [0, 0.1) is 23.7 Å². The fraction of sp³-hybridized carbons (Fsp3) is 0.561. The molecular formula is C41H55NO9. The van der Waals surface area contributed by atoms with E-state index in [0.717, 1.165) is 11.1 Å². The second-order valence-corrected chi connectivity index (χ2v) is 14.2. The van der Waals surface area contributed by atoms with Gasteiger partial charge < -0.3 is 29.0 Å². The van der Waals surface area contributed by atoms with Gasteiger partial charge in [0.15, 0.2) is 11.9 Å².